The van der Waals surface area contributed by atoms with Crippen LogP contribution in [0.15, 0.2) is 18.2 Å². The Balaban J connectivity index is 1.73. The molecule has 1 N–H and O–H groups in total. The minimum atomic E-state index is 0.180. The smallest absolute Gasteiger partial charge is 0.124 e. The molecule has 2 aliphatic heterocycles. The first kappa shape index (κ1) is 14.9. The highest BCUT2D eigenvalue weighted by Gasteiger charge is 2.38. The van der Waals surface area contributed by atoms with Crippen molar-refractivity contribution < 1.29 is 4.74 Å². The fourth-order valence-electron chi connectivity index (χ4n) is 3.93. The van der Waals surface area contributed by atoms with Gasteiger partial charge in [-0.3, -0.25) is 4.90 Å². The van der Waals surface area contributed by atoms with Gasteiger partial charge < -0.3 is 10.1 Å². The van der Waals surface area contributed by atoms with Gasteiger partial charge in [-0.2, -0.15) is 0 Å². The zero-order valence-corrected chi connectivity index (χ0v) is 13.6. The topological polar surface area (TPSA) is 24.5 Å². The largest absolute Gasteiger partial charge is 0.491 e. The molecule has 1 atom stereocenters. The van der Waals surface area contributed by atoms with Gasteiger partial charge in [0.1, 0.15) is 12.4 Å². The number of benzene rings is 1. The van der Waals surface area contributed by atoms with Crippen LogP contribution in [0.5, 0.6) is 5.75 Å². The molecular weight excluding hydrogens is 260 g/mol. The summed E-state index contributed by atoms with van der Waals surface area (Å²) in [5.74, 6) is 1.08. The average molecular weight is 288 g/mol. The van der Waals surface area contributed by atoms with E-state index in [2.05, 4.69) is 49.2 Å². The van der Waals surface area contributed by atoms with E-state index in [9.17, 15) is 0 Å². The zero-order chi connectivity index (χ0) is 14.9. The Labute approximate surface area is 128 Å². The van der Waals surface area contributed by atoms with Crippen molar-refractivity contribution in [2.45, 2.75) is 58.2 Å². The van der Waals surface area contributed by atoms with Crippen LogP contribution in [-0.2, 0) is 13.0 Å². The van der Waals surface area contributed by atoms with Crippen LogP contribution in [0.2, 0.25) is 0 Å². The fraction of sp³-hybridized carbons (Fsp3) is 0.667. The number of nitrogens with one attached hydrogen (secondary N) is 1. The van der Waals surface area contributed by atoms with Gasteiger partial charge in [-0.25, -0.2) is 0 Å². The average Bonchev–Trinajstić information content (AvgIpc) is 2.87. The van der Waals surface area contributed by atoms with E-state index in [0.717, 1.165) is 31.9 Å². The lowest BCUT2D eigenvalue weighted by Gasteiger charge is -2.38. The molecule has 3 nitrogen and oxygen atoms in total. The van der Waals surface area contributed by atoms with Crippen molar-refractivity contribution in [3.63, 3.8) is 0 Å². The first-order chi connectivity index (χ1) is 10.1. The fourth-order valence-corrected chi connectivity index (χ4v) is 3.93. The molecule has 3 rings (SSSR count). The van der Waals surface area contributed by atoms with Crippen molar-refractivity contribution in [3.05, 3.63) is 29.3 Å². The third kappa shape index (κ3) is 2.95. The predicted molar refractivity (Wildman–Crippen MR) is 86.8 cm³/mol. The maximum atomic E-state index is 6.29. The second-order valence-electron chi connectivity index (χ2n) is 7.00. The van der Waals surface area contributed by atoms with E-state index in [1.54, 1.807) is 0 Å². The molecule has 1 unspecified atom stereocenters. The molecule has 0 amide bonds. The molecule has 1 fully saturated rings. The summed E-state index contributed by atoms with van der Waals surface area (Å²) in [7, 11) is 0. The predicted octanol–water partition coefficient (Wildman–Crippen LogP) is 2.97. The highest BCUT2D eigenvalue weighted by Crippen LogP contribution is 2.33. The van der Waals surface area contributed by atoms with Gasteiger partial charge in [0, 0.05) is 18.2 Å². The molecule has 0 radical (unpaired) electrons. The van der Waals surface area contributed by atoms with Gasteiger partial charge in [-0.05, 0) is 64.8 Å². The van der Waals surface area contributed by atoms with Gasteiger partial charge in [-0.15, -0.1) is 0 Å². The summed E-state index contributed by atoms with van der Waals surface area (Å²) in [5.41, 5.74) is 2.99. The summed E-state index contributed by atoms with van der Waals surface area (Å²) in [4.78, 5) is 2.60. The number of rotatable bonds is 4. The molecule has 0 aliphatic carbocycles. The zero-order valence-electron chi connectivity index (χ0n) is 13.6. The molecule has 116 valence electrons. The van der Waals surface area contributed by atoms with E-state index in [4.69, 9.17) is 4.74 Å². The molecule has 0 aromatic heterocycles. The van der Waals surface area contributed by atoms with E-state index in [-0.39, 0.29) is 5.54 Å². The molecule has 0 saturated carbocycles. The minimum Gasteiger partial charge on any atom is -0.491 e. The second kappa shape index (κ2) is 5.98. The Hall–Kier alpha value is -1.06. The Bertz CT molecular complexity index is 500. The van der Waals surface area contributed by atoms with Crippen LogP contribution in [0.1, 0.15) is 44.7 Å². The summed E-state index contributed by atoms with van der Waals surface area (Å²) >= 11 is 0. The molecule has 2 aliphatic rings. The Morgan fingerprint density at radius 2 is 2.24 bits per heavy atom. The molecular formula is C18H28N2O. The van der Waals surface area contributed by atoms with Crippen LogP contribution in [0.3, 0.4) is 0 Å². The number of ether oxygens (including phenoxy) is 1. The quantitative estimate of drug-likeness (QED) is 0.922. The van der Waals surface area contributed by atoms with Crippen molar-refractivity contribution in [1.82, 2.24) is 10.2 Å². The molecule has 1 saturated heterocycles. The third-order valence-electron chi connectivity index (χ3n) is 5.07. The Morgan fingerprint density at radius 3 is 3.05 bits per heavy atom. The van der Waals surface area contributed by atoms with E-state index in [0.29, 0.717) is 6.04 Å². The molecule has 0 bridgehead atoms. The first-order valence-corrected chi connectivity index (χ1v) is 8.31. The van der Waals surface area contributed by atoms with Crippen molar-refractivity contribution in [2.24, 2.45) is 0 Å². The molecule has 1 aromatic rings. The maximum Gasteiger partial charge on any atom is 0.124 e. The number of fused-ring (bicyclic) bond motifs is 1. The van der Waals surface area contributed by atoms with Crippen LogP contribution < -0.4 is 10.1 Å². The van der Waals surface area contributed by atoms with Crippen molar-refractivity contribution in [1.29, 1.82) is 0 Å². The number of likely N-dealkylation sites (tertiary alicyclic amines) is 1. The van der Waals surface area contributed by atoms with E-state index in [1.807, 2.05) is 0 Å². The van der Waals surface area contributed by atoms with Crippen LogP contribution in [-0.4, -0.2) is 36.2 Å². The molecule has 21 heavy (non-hydrogen) atoms. The van der Waals surface area contributed by atoms with E-state index < -0.39 is 0 Å². The standard InChI is InChI=1S/C18H28N2O/c1-14(2)20-11-5-9-18(20,3)13-21-17-7-4-6-15-8-10-19-12-16(15)17/h4,6-7,14,19H,5,8-13H2,1-3H3. The molecule has 0 spiro atoms. The summed E-state index contributed by atoms with van der Waals surface area (Å²) < 4.78 is 6.29. The Morgan fingerprint density at radius 1 is 1.38 bits per heavy atom. The van der Waals surface area contributed by atoms with Gasteiger partial charge in [0.05, 0.1) is 5.54 Å². The van der Waals surface area contributed by atoms with Crippen LogP contribution in [0.4, 0.5) is 0 Å². The first-order valence-electron chi connectivity index (χ1n) is 8.31. The summed E-state index contributed by atoms with van der Waals surface area (Å²) in [5, 5.41) is 3.46. The number of hydrogen-bond donors (Lipinski definition) is 1. The second-order valence-corrected chi connectivity index (χ2v) is 7.00. The van der Waals surface area contributed by atoms with Gasteiger partial charge in [0.25, 0.3) is 0 Å². The number of hydrogen-bond acceptors (Lipinski definition) is 3. The summed E-state index contributed by atoms with van der Waals surface area (Å²) in [6, 6.07) is 7.09. The lowest BCUT2D eigenvalue weighted by atomic mass is 9.98. The van der Waals surface area contributed by atoms with Crippen molar-refractivity contribution in [2.75, 3.05) is 19.7 Å². The third-order valence-corrected chi connectivity index (χ3v) is 5.07. The normalized spacial score (nSPS) is 26.1. The lowest BCUT2D eigenvalue weighted by molar-refractivity contribution is 0.0659. The SMILES string of the molecule is CC(C)N1CCCC1(C)COc1cccc2c1CNCC2. The van der Waals surface area contributed by atoms with Crippen molar-refractivity contribution in [3.8, 4) is 5.75 Å². The highest BCUT2D eigenvalue weighted by atomic mass is 16.5. The van der Waals surface area contributed by atoms with Gasteiger partial charge in [0.2, 0.25) is 0 Å². The summed E-state index contributed by atoms with van der Waals surface area (Å²) in [6.07, 6.45) is 3.63. The monoisotopic (exact) mass is 288 g/mol. The van der Waals surface area contributed by atoms with Gasteiger partial charge >= 0.3 is 0 Å². The van der Waals surface area contributed by atoms with Crippen molar-refractivity contribution >= 4 is 0 Å². The molecule has 3 heteroatoms. The van der Waals surface area contributed by atoms with Crippen LogP contribution >= 0.6 is 0 Å². The van der Waals surface area contributed by atoms with E-state index >= 15 is 0 Å². The van der Waals surface area contributed by atoms with Crippen LogP contribution in [0, 0.1) is 0 Å². The van der Waals surface area contributed by atoms with Gasteiger partial charge in [-0.1, -0.05) is 12.1 Å². The lowest BCUT2D eigenvalue weighted by Crippen LogP contribution is -2.49. The molecule has 2 heterocycles. The van der Waals surface area contributed by atoms with E-state index in [1.165, 1.54) is 30.5 Å². The maximum absolute atomic E-state index is 6.29. The Kier molecular flexibility index (Phi) is 4.23. The highest BCUT2D eigenvalue weighted by molar-refractivity contribution is 5.41. The molecule has 1 aromatic carbocycles. The summed E-state index contributed by atoms with van der Waals surface area (Å²) in [6.45, 7) is 10.9. The van der Waals surface area contributed by atoms with Crippen LogP contribution in [0.25, 0.3) is 0 Å². The minimum absolute atomic E-state index is 0.180. The van der Waals surface area contributed by atoms with Gasteiger partial charge in [0.15, 0.2) is 0 Å². The number of nitrogens with zero attached hydrogens (tertiary/aromatic N) is 1.